The maximum atomic E-state index is 6.40. The fourth-order valence-electron chi connectivity index (χ4n) is 3.16. The van der Waals surface area contributed by atoms with Gasteiger partial charge in [-0.15, -0.1) is 0 Å². The number of rotatable bonds is 6. The van der Waals surface area contributed by atoms with E-state index < -0.39 is 0 Å². The van der Waals surface area contributed by atoms with Gasteiger partial charge < -0.3 is 10.1 Å². The van der Waals surface area contributed by atoms with Crippen LogP contribution in [0.4, 0.5) is 0 Å². The number of nitrogens with one attached hydrogen (secondary N) is 1. The van der Waals surface area contributed by atoms with Gasteiger partial charge in [0.05, 0.1) is 11.6 Å². The van der Waals surface area contributed by atoms with E-state index in [1.807, 2.05) is 19.2 Å². The second-order valence-corrected chi connectivity index (χ2v) is 5.79. The Morgan fingerprint density at radius 1 is 1.32 bits per heavy atom. The summed E-state index contributed by atoms with van der Waals surface area (Å²) in [6, 6.07) is 8.32. The van der Waals surface area contributed by atoms with Crippen molar-refractivity contribution in [2.24, 2.45) is 0 Å². The van der Waals surface area contributed by atoms with Crippen LogP contribution in [0.3, 0.4) is 0 Å². The summed E-state index contributed by atoms with van der Waals surface area (Å²) < 4.78 is 5.95. The fourth-order valence-corrected chi connectivity index (χ4v) is 3.41. The normalized spacial score (nSPS) is 19.5. The topological polar surface area (TPSA) is 21.3 Å². The van der Waals surface area contributed by atoms with Crippen molar-refractivity contribution < 1.29 is 4.74 Å². The molecule has 0 spiro atoms. The molecule has 19 heavy (non-hydrogen) atoms. The predicted octanol–water partition coefficient (Wildman–Crippen LogP) is 4.34. The van der Waals surface area contributed by atoms with Gasteiger partial charge in [-0.1, -0.05) is 49.6 Å². The summed E-state index contributed by atoms with van der Waals surface area (Å²) in [5.41, 5.74) is 1.07. The Balaban J connectivity index is 2.32. The number of hydrogen-bond donors (Lipinski definition) is 1. The van der Waals surface area contributed by atoms with Gasteiger partial charge in [0.2, 0.25) is 0 Å². The SMILES string of the molecule is CCCNC(c1ccccc1Cl)C1(OC)CCCC1. The van der Waals surface area contributed by atoms with Crippen molar-refractivity contribution in [3.05, 3.63) is 34.9 Å². The molecule has 0 saturated heterocycles. The number of methoxy groups -OCH3 is 1. The third-order valence-corrected chi connectivity index (χ3v) is 4.54. The van der Waals surface area contributed by atoms with E-state index in [9.17, 15) is 0 Å². The molecule has 0 radical (unpaired) electrons. The molecule has 1 aromatic rings. The van der Waals surface area contributed by atoms with E-state index in [2.05, 4.69) is 24.4 Å². The van der Waals surface area contributed by atoms with Crippen LogP contribution in [0.25, 0.3) is 0 Å². The molecule has 1 aliphatic rings. The maximum Gasteiger partial charge on any atom is 0.0873 e. The van der Waals surface area contributed by atoms with Gasteiger partial charge >= 0.3 is 0 Å². The van der Waals surface area contributed by atoms with Gasteiger partial charge in [0.15, 0.2) is 0 Å². The average Bonchev–Trinajstić information content (AvgIpc) is 2.91. The van der Waals surface area contributed by atoms with Crippen LogP contribution in [0.2, 0.25) is 5.02 Å². The summed E-state index contributed by atoms with van der Waals surface area (Å²) in [6.45, 7) is 3.17. The minimum absolute atomic E-state index is 0.0971. The van der Waals surface area contributed by atoms with Crippen molar-refractivity contribution in [1.82, 2.24) is 5.32 Å². The molecular weight excluding hydrogens is 258 g/mol. The van der Waals surface area contributed by atoms with E-state index in [-0.39, 0.29) is 11.6 Å². The van der Waals surface area contributed by atoms with Gasteiger partial charge in [-0.2, -0.15) is 0 Å². The summed E-state index contributed by atoms with van der Waals surface area (Å²) >= 11 is 6.40. The molecule has 1 unspecified atom stereocenters. The number of hydrogen-bond acceptors (Lipinski definition) is 2. The van der Waals surface area contributed by atoms with E-state index in [1.54, 1.807) is 0 Å². The largest absolute Gasteiger partial charge is 0.376 e. The lowest BCUT2D eigenvalue weighted by molar-refractivity contribution is -0.0367. The molecule has 1 fully saturated rings. The van der Waals surface area contributed by atoms with Gasteiger partial charge in [0, 0.05) is 12.1 Å². The smallest absolute Gasteiger partial charge is 0.0873 e. The number of benzene rings is 1. The molecule has 1 N–H and O–H groups in total. The zero-order chi connectivity index (χ0) is 13.7. The highest BCUT2D eigenvalue weighted by molar-refractivity contribution is 6.31. The zero-order valence-electron chi connectivity index (χ0n) is 11.9. The molecule has 1 saturated carbocycles. The second kappa shape index (κ2) is 6.74. The van der Waals surface area contributed by atoms with Gasteiger partial charge in [-0.25, -0.2) is 0 Å². The first kappa shape index (κ1) is 14.8. The molecule has 0 amide bonds. The van der Waals surface area contributed by atoms with Crippen LogP contribution in [-0.4, -0.2) is 19.3 Å². The highest BCUT2D eigenvalue weighted by Gasteiger charge is 2.42. The molecule has 1 atom stereocenters. The van der Waals surface area contributed by atoms with E-state index in [1.165, 1.54) is 18.4 Å². The van der Waals surface area contributed by atoms with Gasteiger partial charge in [0.25, 0.3) is 0 Å². The first-order chi connectivity index (χ1) is 9.23. The van der Waals surface area contributed by atoms with Crippen LogP contribution in [0, 0.1) is 0 Å². The van der Waals surface area contributed by atoms with E-state index in [4.69, 9.17) is 16.3 Å². The Kier molecular flexibility index (Phi) is 5.26. The van der Waals surface area contributed by atoms with Crippen molar-refractivity contribution in [3.8, 4) is 0 Å². The summed E-state index contributed by atoms with van der Waals surface area (Å²) in [7, 11) is 1.84. The van der Waals surface area contributed by atoms with Crippen LogP contribution in [-0.2, 0) is 4.74 Å². The molecule has 106 valence electrons. The molecule has 0 bridgehead atoms. The van der Waals surface area contributed by atoms with Crippen molar-refractivity contribution in [2.45, 2.75) is 50.7 Å². The lowest BCUT2D eigenvalue weighted by atomic mass is 9.86. The standard InChI is InChI=1S/C16H24ClNO/c1-3-12-18-15(13-8-4-5-9-14(13)17)16(19-2)10-6-7-11-16/h4-5,8-9,15,18H,3,6-7,10-12H2,1-2H3. The van der Waals surface area contributed by atoms with Crippen molar-refractivity contribution in [2.75, 3.05) is 13.7 Å². The zero-order valence-corrected chi connectivity index (χ0v) is 12.7. The minimum Gasteiger partial charge on any atom is -0.376 e. The quantitative estimate of drug-likeness (QED) is 0.837. The third-order valence-electron chi connectivity index (χ3n) is 4.20. The Morgan fingerprint density at radius 3 is 2.58 bits per heavy atom. The first-order valence-corrected chi connectivity index (χ1v) is 7.64. The van der Waals surface area contributed by atoms with Crippen molar-refractivity contribution in [1.29, 1.82) is 0 Å². The highest BCUT2D eigenvalue weighted by Crippen LogP contribution is 2.44. The molecule has 2 nitrogen and oxygen atoms in total. The highest BCUT2D eigenvalue weighted by atomic mass is 35.5. The molecule has 2 rings (SSSR count). The van der Waals surface area contributed by atoms with E-state index in [0.717, 1.165) is 30.8 Å². The molecule has 0 aromatic heterocycles. The predicted molar refractivity (Wildman–Crippen MR) is 80.7 cm³/mol. The van der Waals surface area contributed by atoms with E-state index >= 15 is 0 Å². The molecular formula is C16H24ClNO. The summed E-state index contributed by atoms with van der Waals surface area (Å²) in [4.78, 5) is 0. The van der Waals surface area contributed by atoms with E-state index in [0.29, 0.717) is 0 Å². The second-order valence-electron chi connectivity index (χ2n) is 5.38. The van der Waals surface area contributed by atoms with Crippen LogP contribution < -0.4 is 5.32 Å². The molecule has 3 heteroatoms. The molecule has 0 heterocycles. The van der Waals surface area contributed by atoms with Crippen LogP contribution in [0.5, 0.6) is 0 Å². The lowest BCUT2D eigenvalue weighted by Crippen LogP contribution is -2.44. The Morgan fingerprint density at radius 2 is 2.00 bits per heavy atom. The average molecular weight is 282 g/mol. The lowest BCUT2D eigenvalue weighted by Gasteiger charge is -2.38. The van der Waals surface area contributed by atoms with Gasteiger partial charge in [-0.3, -0.25) is 0 Å². The van der Waals surface area contributed by atoms with Crippen LogP contribution in [0.1, 0.15) is 50.6 Å². The van der Waals surface area contributed by atoms with Crippen LogP contribution in [0.15, 0.2) is 24.3 Å². The third kappa shape index (κ3) is 3.13. The Hall–Kier alpha value is -0.570. The fraction of sp³-hybridized carbons (Fsp3) is 0.625. The summed E-state index contributed by atoms with van der Waals surface area (Å²) in [5, 5.41) is 4.48. The Bertz CT molecular complexity index is 401. The molecule has 0 aliphatic heterocycles. The monoisotopic (exact) mass is 281 g/mol. The van der Waals surface area contributed by atoms with Crippen LogP contribution >= 0.6 is 11.6 Å². The minimum atomic E-state index is -0.0971. The summed E-state index contributed by atoms with van der Waals surface area (Å²) in [5.74, 6) is 0. The summed E-state index contributed by atoms with van der Waals surface area (Å²) in [6.07, 6.45) is 5.80. The van der Waals surface area contributed by atoms with Gasteiger partial charge in [-0.05, 0) is 37.4 Å². The first-order valence-electron chi connectivity index (χ1n) is 7.26. The number of ether oxygens (including phenoxy) is 1. The molecule has 1 aromatic carbocycles. The molecule has 1 aliphatic carbocycles. The van der Waals surface area contributed by atoms with Crippen molar-refractivity contribution in [3.63, 3.8) is 0 Å². The number of halogens is 1. The van der Waals surface area contributed by atoms with Gasteiger partial charge in [0.1, 0.15) is 0 Å². The Labute approximate surface area is 121 Å². The maximum absolute atomic E-state index is 6.40. The van der Waals surface area contributed by atoms with Crippen molar-refractivity contribution >= 4 is 11.6 Å².